The van der Waals surface area contributed by atoms with Crippen molar-refractivity contribution in [3.8, 4) is 11.3 Å². The number of ether oxygens (including phenoxy) is 4. The second-order valence-corrected chi connectivity index (χ2v) is 24.8. The van der Waals surface area contributed by atoms with Crippen LogP contribution in [0, 0.1) is 11.7 Å². The number of benzene rings is 3. The van der Waals surface area contributed by atoms with Crippen molar-refractivity contribution < 1.29 is 80.9 Å². The van der Waals surface area contributed by atoms with Crippen LogP contribution in [-0.2, 0) is 64.2 Å². The van der Waals surface area contributed by atoms with E-state index in [4.69, 9.17) is 41.4 Å². The average Bonchev–Trinajstić information content (AvgIpc) is 1.62. The van der Waals surface area contributed by atoms with E-state index in [1.54, 1.807) is 56.9 Å². The highest BCUT2D eigenvalue weighted by Gasteiger charge is 2.50. The summed E-state index contributed by atoms with van der Waals surface area (Å²) in [6, 6.07) is 20.3. The molecule has 0 spiro atoms. The number of aliphatic hydroxyl groups excluding tert-OH is 2. The molecule has 1 aliphatic carbocycles. The van der Waals surface area contributed by atoms with Gasteiger partial charge in [-0.15, -0.1) is 0 Å². The summed E-state index contributed by atoms with van der Waals surface area (Å²) in [5.41, 5.74) is 10.6. The van der Waals surface area contributed by atoms with Gasteiger partial charge in [0.25, 0.3) is 0 Å². The Morgan fingerprint density at radius 2 is 1.58 bits per heavy atom. The molecule has 2 aliphatic heterocycles. The fourth-order valence-electron chi connectivity index (χ4n) is 11.1. The third kappa shape index (κ3) is 20.7. The summed E-state index contributed by atoms with van der Waals surface area (Å²) in [6.07, 6.45) is 5.39. The molecule has 23 nitrogen and oxygen atoms in total. The maximum Gasteiger partial charge on any atom is 0.336 e. The number of aliphatic hydroxyl groups is 2. The van der Waals surface area contributed by atoms with Gasteiger partial charge in [-0.3, -0.25) is 19.7 Å². The number of rotatable bonds is 27. The molecule has 1 aromatic heterocycles. The molecule has 2 fully saturated rings. The number of allylic oxidation sites excluding steroid dienone is 1. The first-order valence-electron chi connectivity index (χ1n) is 30.0. The van der Waals surface area contributed by atoms with Crippen LogP contribution in [-0.4, -0.2) is 169 Å². The van der Waals surface area contributed by atoms with Crippen LogP contribution >= 0.6 is 11.6 Å². The van der Waals surface area contributed by atoms with Crippen molar-refractivity contribution in [1.29, 1.82) is 0 Å². The SMILES string of the molecule is CC(C)c1nc(N(C)S(C)(=O)=O)nc(-c2ccc(F)cc2)c1/C=C/[C@@H](O)C[C@@H](O)CC(=O)O.CCOC(=O)C1=C(COCCN)NC(C)=C(C(=O)OC)C1c1ccccc1Cl.CCOC(=O)[C@H](CCc1ccccc1)N[C@@H](C)C(=O)N1[C@H](C(=O)O)C[C@@H]2CCC[C@@H]21. The number of methoxy groups -OCH3 is 1. The van der Waals surface area contributed by atoms with Gasteiger partial charge in [0.2, 0.25) is 21.9 Å². The maximum absolute atomic E-state index is 13.5. The van der Waals surface area contributed by atoms with Crippen molar-refractivity contribution >= 4 is 69.4 Å². The van der Waals surface area contributed by atoms with Gasteiger partial charge >= 0.3 is 29.8 Å². The third-order valence-corrected chi connectivity index (χ3v) is 16.9. The third-order valence-electron chi connectivity index (χ3n) is 15.4. The van der Waals surface area contributed by atoms with Gasteiger partial charge in [-0.25, -0.2) is 41.5 Å². The molecule has 1 amide bonds. The normalized spacial score (nSPS) is 18.4. The van der Waals surface area contributed by atoms with Gasteiger partial charge < -0.3 is 55.3 Å². The average molecular weight is 1310 g/mol. The van der Waals surface area contributed by atoms with E-state index < -0.39 is 82.4 Å². The fraction of sp³-hybridized carbons (Fsp3) is 0.477. The Hall–Kier alpha value is -7.65. The van der Waals surface area contributed by atoms with E-state index >= 15 is 0 Å². The lowest BCUT2D eigenvalue weighted by atomic mass is 9.80. The number of nitrogens with one attached hydrogen (secondary N) is 2. The van der Waals surface area contributed by atoms with Crippen LogP contribution in [0.1, 0.15) is 121 Å². The standard InChI is InChI=1S/C23H32N2O5.C22H28FN3O6S.C20H25ClN2O5/c1-3-30-23(29)18(13-12-16-8-5-4-6-9-16)24-15(2)21(26)25-19-11-7-10-17(19)14-20(25)22(27)28;1-13(2)20-18(10-9-16(27)11-17(28)12-19(29)30)21(14-5-7-15(23)8-6-14)25-22(24-20)26(3)33(4,31)32;1-4-28-20(25)18-15(11-27-10-9-22)23-12(2)16(19(24)26-3)17(18)13-7-5-6-8-14(13)21/h4-6,8-9,15,17-20,24H,3,7,10-14H2,1-2H3,(H,27,28);5-10,13,16-17,27-28H,11-12H2,1-4H3,(H,29,30);5-8,17,23H,4,9-11,22H2,1-3H3/b;10-9+;/t15-,17-,18-,19-,20-;16-,17-;/m01./s1. The molecule has 0 bridgehead atoms. The molecule has 496 valence electrons. The van der Waals surface area contributed by atoms with E-state index in [-0.39, 0.29) is 67.5 Å². The fourth-order valence-corrected chi connectivity index (χ4v) is 11.7. The van der Waals surface area contributed by atoms with Gasteiger partial charge in [0.05, 0.1) is 98.6 Å². The zero-order valence-electron chi connectivity index (χ0n) is 52.8. The van der Waals surface area contributed by atoms with E-state index in [0.29, 0.717) is 82.5 Å². The van der Waals surface area contributed by atoms with Gasteiger partial charge in [0.1, 0.15) is 17.9 Å². The molecular formula is C65H85ClFN7O16S. The molecule has 1 unspecified atom stereocenters. The zero-order valence-corrected chi connectivity index (χ0v) is 54.3. The van der Waals surface area contributed by atoms with Gasteiger partial charge in [-0.2, -0.15) is 0 Å². The molecule has 3 aromatic carbocycles. The number of nitrogens with two attached hydrogens (primary N) is 1. The predicted molar refractivity (Wildman–Crippen MR) is 340 cm³/mol. The summed E-state index contributed by atoms with van der Waals surface area (Å²) in [4.78, 5) is 84.1. The molecule has 91 heavy (non-hydrogen) atoms. The number of carbonyl (C=O) groups is 6. The number of aryl methyl sites for hydroxylation is 1. The maximum atomic E-state index is 13.5. The van der Waals surface area contributed by atoms with E-state index in [0.717, 1.165) is 35.4 Å². The van der Waals surface area contributed by atoms with E-state index in [1.807, 2.05) is 44.2 Å². The van der Waals surface area contributed by atoms with Crippen LogP contribution in [0.25, 0.3) is 17.3 Å². The molecular weight excluding hydrogens is 1220 g/mol. The summed E-state index contributed by atoms with van der Waals surface area (Å²) in [6.45, 7) is 11.8. The minimum atomic E-state index is -3.65. The summed E-state index contributed by atoms with van der Waals surface area (Å²) in [5.74, 6) is -5.05. The van der Waals surface area contributed by atoms with E-state index in [1.165, 1.54) is 50.6 Å². The Balaban J connectivity index is 0.000000249. The first-order valence-corrected chi connectivity index (χ1v) is 32.3. The molecule has 7 rings (SSSR count). The zero-order chi connectivity index (χ0) is 67.3. The molecule has 26 heteroatoms. The monoisotopic (exact) mass is 1310 g/mol. The Bertz CT molecular complexity index is 3370. The van der Waals surface area contributed by atoms with Crippen molar-refractivity contribution in [2.75, 3.05) is 57.7 Å². The number of carboxylic acids is 2. The molecule has 8 atom stereocenters. The van der Waals surface area contributed by atoms with Crippen molar-refractivity contribution in [2.24, 2.45) is 11.7 Å². The number of carboxylic acid groups (broad SMARTS) is 2. The number of anilines is 1. The van der Waals surface area contributed by atoms with Gasteiger partial charge in [-0.05, 0) is 113 Å². The number of amides is 1. The molecule has 1 saturated carbocycles. The van der Waals surface area contributed by atoms with Crippen LogP contribution in [0.15, 0.2) is 107 Å². The Labute approximate surface area is 535 Å². The molecule has 0 radical (unpaired) electrons. The van der Waals surface area contributed by atoms with Crippen molar-refractivity contribution in [2.45, 2.75) is 141 Å². The predicted octanol–water partition coefficient (Wildman–Crippen LogP) is 7.05. The van der Waals surface area contributed by atoms with Gasteiger partial charge in [0, 0.05) is 47.9 Å². The number of hydrogen-bond acceptors (Lipinski definition) is 19. The quantitative estimate of drug-likeness (QED) is 0.0179. The number of sulfonamides is 1. The summed E-state index contributed by atoms with van der Waals surface area (Å²) in [7, 11) is -1.03. The van der Waals surface area contributed by atoms with E-state index in [2.05, 4.69) is 20.6 Å². The lowest BCUT2D eigenvalue weighted by Crippen LogP contribution is -2.55. The summed E-state index contributed by atoms with van der Waals surface area (Å²) >= 11 is 6.42. The largest absolute Gasteiger partial charge is 0.481 e. The van der Waals surface area contributed by atoms with Crippen LogP contribution in [0.5, 0.6) is 0 Å². The number of aromatic nitrogens is 2. The van der Waals surface area contributed by atoms with Crippen molar-refractivity contribution in [1.82, 2.24) is 25.5 Å². The van der Waals surface area contributed by atoms with Gasteiger partial charge in [0.15, 0.2) is 0 Å². The van der Waals surface area contributed by atoms with Crippen LogP contribution < -0.4 is 20.7 Å². The summed E-state index contributed by atoms with van der Waals surface area (Å²) in [5, 5.41) is 45.1. The van der Waals surface area contributed by atoms with Crippen LogP contribution in [0.3, 0.4) is 0 Å². The number of esters is 3. The number of likely N-dealkylation sites (tertiary alicyclic amines) is 1. The molecule has 3 aliphatic rings. The Kier molecular flexibility index (Phi) is 28.7. The Morgan fingerprint density at radius 3 is 2.18 bits per heavy atom. The minimum Gasteiger partial charge on any atom is -0.481 e. The van der Waals surface area contributed by atoms with Crippen molar-refractivity contribution in [3.05, 3.63) is 141 Å². The number of carbonyl (C=O) groups excluding carboxylic acids is 4. The number of dihydropyridines is 1. The van der Waals surface area contributed by atoms with Crippen molar-refractivity contribution in [3.63, 3.8) is 0 Å². The lowest BCUT2D eigenvalue weighted by molar-refractivity contribution is -0.151. The molecule has 4 aromatic rings. The lowest BCUT2D eigenvalue weighted by Gasteiger charge is -2.31. The number of nitrogens with zero attached hydrogens (tertiary/aromatic N) is 4. The number of fused-ring (bicyclic) bond motifs is 1. The van der Waals surface area contributed by atoms with Gasteiger partial charge in [-0.1, -0.05) is 92.6 Å². The van der Waals surface area contributed by atoms with Crippen LogP contribution in [0.4, 0.5) is 10.3 Å². The topological polar surface area (TPSA) is 337 Å². The number of hydrogen-bond donors (Lipinski definition) is 7. The number of aliphatic carboxylic acids is 2. The highest BCUT2D eigenvalue weighted by Crippen LogP contribution is 2.43. The smallest absolute Gasteiger partial charge is 0.336 e. The van der Waals surface area contributed by atoms with Crippen LogP contribution in [0.2, 0.25) is 5.02 Å². The number of halogens is 2. The first kappa shape index (κ1) is 74.1. The highest BCUT2D eigenvalue weighted by atomic mass is 35.5. The first-order chi connectivity index (χ1) is 43.2. The second kappa shape index (κ2) is 35.2. The molecule has 3 heterocycles. The second-order valence-electron chi connectivity index (χ2n) is 22.4. The Morgan fingerprint density at radius 1 is 0.923 bits per heavy atom. The highest BCUT2D eigenvalue weighted by molar-refractivity contribution is 7.92. The summed E-state index contributed by atoms with van der Waals surface area (Å²) < 4.78 is 59.6. The molecule has 8 N–H and O–H groups in total. The van der Waals surface area contributed by atoms with E-state index in [9.17, 15) is 56.9 Å². The molecule has 1 saturated heterocycles. The minimum absolute atomic E-state index is 0.00629.